The number of nitrogens with one attached hydrogen (secondary N) is 1. The van der Waals surface area contributed by atoms with Gasteiger partial charge in [0, 0.05) is 12.1 Å². The Hall–Kier alpha value is -2.11. The average molecular weight is 255 g/mol. The van der Waals surface area contributed by atoms with E-state index in [4.69, 9.17) is 4.74 Å². The summed E-state index contributed by atoms with van der Waals surface area (Å²) in [6.07, 6.45) is 0.0703. The molecule has 1 amide bonds. The summed E-state index contributed by atoms with van der Waals surface area (Å²) in [5.74, 6) is -1.42. The maximum Gasteiger partial charge on any atom is 0.307 e. The topological polar surface area (TPSA) is 64.6 Å². The molecule has 6 heteroatoms. The minimum absolute atomic E-state index is 0.0703. The van der Waals surface area contributed by atoms with Gasteiger partial charge in [-0.25, -0.2) is 4.39 Å². The Labute approximate surface area is 104 Å². The van der Waals surface area contributed by atoms with Crippen molar-refractivity contribution in [3.63, 3.8) is 0 Å². The molecule has 1 aromatic rings. The Balaban J connectivity index is 2.56. The predicted octanol–water partition coefficient (Wildman–Crippen LogP) is 1.13. The summed E-state index contributed by atoms with van der Waals surface area (Å²) < 4.78 is 22.5. The maximum absolute atomic E-state index is 13.3. The van der Waals surface area contributed by atoms with E-state index in [9.17, 15) is 14.0 Å². The SMILES string of the molecule is COC(=O)CCNC(=O)c1ccc(OC)c(F)c1. The summed E-state index contributed by atoms with van der Waals surface area (Å²) in [6, 6.07) is 3.88. The Kier molecular flexibility index (Phi) is 5.10. The van der Waals surface area contributed by atoms with Crippen molar-refractivity contribution in [1.29, 1.82) is 0 Å². The molecular formula is C12H14FNO4. The second-order valence-corrected chi connectivity index (χ2v) is 3.43. The molecule has 18 heavy (non-hydrogen) atoms. The van der Waals surface area contributed by atoms with E-state index >= 15 is 0 Å². The van der Waals surface area contributed by atoms with Crippen LogP contribution in [0.3, 0.4) is 0 Å². The van der Waals surface area contributed by atoms with Crippen LogP contribution in [-0.2, 0) is 9.53 Å². The number of amides is 1. The van der Waals surface area contributed by atoms with E-state index in [0.29, 0.717) is 0 Å². The van der Waals surface area contributed by atoms with Crippen molar-refractivity contribution >= 4 is 11.9 Å². The van der Waals surface area contributed by atoms with Crippen LogP contribution in [-0.4, -0.2) is 32.6 Å². The van der Waals surface area contributed by atoms with Crippen LogP contribution in [0.2, 0.25) is 0 Å². The van der Waals surface area contributed by atoms with Crippen molar-refractivity contribution in [2.24, 2.45) is 0 Å². The van der Waals surface area contributed by atoms with Gasteiger partial charge in [0.15, 0.2) is 11.6 Å². The third-order valence-corrected chi connectivity index (χ3v) is 2.26. The van der Waals surface area contributed by atoms with Crippen molar-refractivity contribution in [2.75, 3.05) is 20.8 Å². The Bertz CT molecular complexity index is 448. The lowest BCUT2D eigenvalue weighted by Crippen LogP contribution is -2.26. The summed E-state index contributed by atoms with van der Waals surface area (Å²) in [5, 5.41) is 2.48. The monoisotopic (exact) mass is 255 g/mol. The van der Waals surface area contributed by atoms with E-state index in [-0.39, 0.29) is 24.3 Å². The second kappa shape index (κ2) is 6.58. The molecule has 0 aliphatic heterocycles. The van der Waals surface area contributed by atoms with Crippen LogP contribution >= 0.6 is 0 Å². The smallest absolute Gasteiger partial charge is 0.307 e. The zero-order valence-electron chi connectivity index (χ0n) is 10.2. The van der Waals surface area contributed by atoms with Crippen molar-refractivity contribution < 1.29 is 23.5 Å². The molecule has 0 heterocycles. The highest BCUT2D eigenvalue weighted by Crippen LogP contribution is 2.17. The minimum Gasteiger partial charge on any atom is -0.494 e. The molecule has 0 atom stereocenters. The van der Waals surface area contributed by atoms with Gasteiger partial charge >= 0.3 is 5.97 Å². The van der Waals surface area contributed by atoms with Gasteiger partial charge in [0.2, 0.25) is 0 Å². The summed E-state index contributed by atoms with van der Waals surface area (Å²) in [5.41, 5.74) is 0.165. The van der Waals surface area contributed by atoms with E-state index in [1.807, 2.05) is 0 Å². The lowest BCUT2D eigenvalue weighted by molar-refractivity contribution is -0.140. The van der Waals surface area contributed by atoms with Gasteiger partial charge in [0.1, 0.15) is 0 Å². The molecule has 0 radical (unpaired) electrons. The summed E-state index contributed by atoms with van der Waals surface area (Å²) in [6.45, 7) is 0.138. The molecule has 0 aliphatic carbocycles. The third-order valence-electron chi connectivity index (χ3n) is 2.26. The Morgan fingerprint density at radius 1 is 1.33 bits per heavy atom. The van der Waals surface area contributed by atoms with E-state index < -0.39 is 17.7 Å². The first-order chi connectivity index (χ1) is 8.58. The lowest BCUT2D eigenvalue weighted by atomic mass is 10.2. The molecule has 0 saturated heterocycles. The van der Waals surface area contributed by atoms with Crippen molar-refractivity contribution in [3.8, 4) is 5.75 Å². The van der Waals surface area contributed by atoms with E-state index in [1.165, 1.54) is 26.4 Å². The molecule has 0 unspecified atom stereocenters. The maximum atomic E-state index is 13.3. The van der Waals surface area contributed by atoms with Gasteiger partial charge in [-0.05, 0) is 18.2 Å². The highest BCUT2D eigenvalue weighted by molar-refractivity contribution is 5.94. The standard InChI is InChI=1S/C12H14FNO4/c1-17-10-4-3-8(7-9(10)13)12(16)14-6-5-11(15)18-2/h3-4,7H,5-6H2,1-2H3,(H,14,16). The van der Waals surface area contributed by atoms with Gasteiger partial charge in [-0.2, -0.15) is 0 Å². The molecule has 0 aromatic heterocycles. The molecule has 0 saturated carbocycles. The fourth-order valence-electron chi connectivity index (χ4n) is 1.29. The van der Waals surface area contributed by atoms with Gasteiger partial charge in [0.05, 0.1) is 20.6 Å². The van der Waals surface area contributed by atoms with Gasteiger partial charge in [-0.15, -0.1) is 0 Å². The van der Waals surface area contributed by atoms with Crippen LogP contribution < -0.4 is 10.1 Å². The molecule has 0 bridgehead atoms. The highest BCUT2D eigenvalue weighted by atomic mass is 19.1. The van der Waals surface area contributed by atoms with Gasteiger partial charge in [0.25, 0.3) is 5.91 Å². The van der Waals surface area contributed by atoms with E-state index in [1.54, 1.807) is 0 Å². The molecule has 0 aliphatic rings. The zero-order valence-corrected chi connectivity index (χ0v) is 10.2. The van der Waals surface area contributed by atoms with Gasteiger partial charge in [-0.1, -0.05) is 0 Å². The summed E-state index contributed by atoms with van der Waals surface area (Å²) in [7, 11) is 2.61. The van der Waals surface area contributed by atoms with Crippen molar-refractivity contribution in [3.05, 3.63) is 29.6 Å². The fraction of sp³-hybridized carbons (Fsp3) is 0.333. The molecule has 1 aromatic carbocycles. The molecule has 98 valence electrons. The number of methoxy groups -OCH3 is 2. The van der Waals surface area contributed by atoms with Crippen LogP contribution in [0.4, 0.5) is 4.39 Å². The first-order valence-corrected chi connectivity index (χ1v) is 5.27. The van der Waals surface area contributed by atoms with E-state index in [2.05, 4.69) is 10.1 Å². The van der Waals surface area contributed by atoms with Crippen LogP contribution in [0.5, 0.6) is 5.75 Å². The molecule has 0 spiro atoms. The van der Waals surface area contributed by atoms with E-state index in [0.717, 1.165) is 6.07 Å². The zero-order chi connectivity index (χ0) is 13.5. The van der Waals surface area contributed by atoms with Gasteiger partial charge < -0.3 is 14.8 Å². The summed E-state index contributed by atoms with van der Waals surface area (Å²) >= 11 is 0. The first kappa shape index (κ1) is 14.0. The lowest BCUT2D eigenvalue weighted by Gasteiger charge is -2.06. The van der Waals surface area contributed by atoms with Crippen molar-refractivity contribution in [2.45, 2.75) is 6.42 Å². The summed E-state index contributed by atoms with van der Waals surface area (Å²) in [4.78, 5) is 22.4. The normalized spacial score (nSPS) is 9.72. The molecule has 1 N–H and O–H groups in total. The van der Waals surface area contributed by atoms with Crippen molar-refractivity contribution in [1.82, 2.24) is 5.32 Å². The number of esters is 1. The third kappa shape index (κ3) is 3.73. The number of carbonyl (C=O) groups excluding carboxylic acids is 2. The quantitative estimate of drug-likeness (QED) is 0.801. The van der Waals surface area contributed by atoms with Crippen LogP contribution in [0.25, 0.3) is 0 Å². The van der Waals surface area contributed by atoms with Gasteiger partial charge in [-0.3, -0.25) is 9.59 Å². The number of hydrogen-bond donors (Lipinski definition) is 1. The number of hydrogen-bond acceptors (Lipinski definition) is 4. The molecule has 5 nitrogen and oxygen atoms in total. The number of carbonyl (C=O) groups is 2. The van der Waals surface area contributed by atoms with Crippen LogP contribution in [0.15, 0.2) is 18.2 Å². The second-order valence-electron chi connectivity index (χ2n) is 3.43. The molecule has 0 fully saturated rings. The number of ether oxygens (including phenoxy) is 2. The molecule has 1 rings (SSSR count). The fourth-order valence-corrected chi connectivity index (χ4v) is 1.29. The van der Waals surface area contributed by atoms with Crippen LogP contribution in [0.1, 0.15) is 16.8 Å². The minimum atomic E-state index is -0.613. The molecular weight excluding hydrogens is 241 g/mol. The highest BCUT2D eigenvalue weighted by Gasteiger charge is 2.10. The Morgan fingerprint density at radius 3 is 2.61 bits per heavy atom. The number of halogens is 1. The Morgan fingerprint density at radius 2 is 2.06 bits per heavy atom. The predicted molar refractivity (Wildman–Crippen MR) is 61.9 cm³/mol. The number of rotatable bonds is 5. The van der Waals surface area contributed by atoms with Crippen LogP contribution in [0, 0.1) is 5.82 Å². The largest absolute Gasteiger partial charge is 0.494 e. The average Bonchev–Trinajstić information content (AvgIpc) is 2.38. The number of benzene rings is 1. The first-order valence-electron chi connectivity index (χ1n) is 5.27.